The van der Waals surface area contributed by atoms with E-state index in [1.807, 2.05) is 6.07 Å². The van der Waals surface area contributed by atoms with Crippen LogP contribution in [0.15, 0.2) is 12.1 Å². The topological polar surface area (TPSA) is 28.2 Å². The third kappa shape index (κ3) is 4.32. The summed E-state index contributed by atoms with van der Waals surface area (Å²) in [5.41, 5.74) is 0.862. The van der Waals surface area contributed by atoms with Gasteiger partial charge in [-0.2, -0.15) is 0 Å². The van der Waals surface area contributed by atoms with E-state index in [-0.39, 0.29) is 0 Å². The minimum Gasteiger partial charge on any atom is -0.313 e. The molecule has 0 radical (unpaired) electrons. The molecule has 0 aliphatic carbocycles. The molecule has 19 heavy (non-hydrogen) atoms. The summed E-state index contributed by atoms with van der Waals surface area (Å²) in [7, 11) is 0. The largest absolute Gasteiger partial charge is 0.313 e. The standard InChI is InChI=1S/C14H21Cl2N3/c1-10(2)19(8-11-4-3-7-17-11)9-13-12(15)5-6-14(16)18-13/h5-6,10-11,17H,3-4,7-9H2,1-2H3. The zero-order chi connectivity index (χ0) is 13.8. The molecule has 2 rings (SSSR count). The van der Waals surface area contributed by atoms with Crippen molar-refractivity contribution in [3.63, 3.8) is 0 Å². The summed E-state index contributed by atoms with van der Waals surface area (Å²) in [6.07, 6.45) is 2.52. The summed E-state index contributed by atoms with van der Waals surface area (Å²) in [5, 5.41) is 4.72. The Morgan fingerprint density at radius 1 is 1.42 bits per heavy atom. The molecule has 0 aromatic carbocycles. The lowest BCUT2D eigenvalue weighted by Crippen LogP contribution is -2.41. The fraction of sp³-hybridized carbons (Fsp3) is 0.643. The van der Waals surface area contributed by atoms with E-state index in [4.69, 9.17) is 23.2 Å². The number of pyridine rings is 1. The van der Waals surface area contributed by atoms with Crippen molar-refractivity contribution in [1.29, 1.82) is 0 Å². The SMILES string of the molecule is CC(C)N(Cc1nc(Cl)ccc1Cl)CC1CCCN1. The second-order valence-corrected chi connectivity index (χ2v) is 6.17. The van der Waals surface area contributed by atoms with Crippen LogP contribution in [0.3, 0.4) is 0 Å². The molecule has 0 spiro atoms. The molecular weight excluding hydrogens is 281 g/mol. The van der Waals surface area contributed by atoms with Crippen molar-refractivity contribution in [2.75, 3.05) is 13.1 Å². The first-order valence-corrected chi connectivity index (χ1v) is 7.60. The quantitative estimate of drug-likeness (QED) is 0.846. The van der Waals surface area contributed by atoms with Gasteiger partial charge in [-0.05, 0) is 45.4 Å². The van der Waals surface area contributed by atoms with E-state index >= 15 is 0 Å². The van der Waals surface area contributed by atoms with Gasteiger partial charge in [-0.25, -0.2) is 4.98 Å². The molecule has 2 heterocycles. The van der Waals surface area contributed by atoms with Crippen LogP contribution >= 0.6 is 23.2 Å². The number of hydrogen-bond acceptors (Lipinski definition) is 3. The monoisotopic (exact) mass is 301 g/mol. The molecule has 1 aromatic heterocycles. The first kappa shape index (κ1) is 15.0. The Kier molecular flexibility index (Phi) is 5.46. The van der Waals surface area contributed by atoms with Crippen LogP contribution in [0.2, 0.25) is 10.2 Å². The van der Waals surface area contributed by atoms with Gasteiger partial charge >= 0.3 is 0 Å². The highest BCUT2D eigenvalue weighted by Gasteiger charge is 2.20. The van der Waals surface area contributed by atoms with Crippen LogP contribution in [-0.4, -0.2) is 35.1 Å². The normalized spacial score (nSPS) is 19.6. The average Bonchev–Trinajstić information content (AvgIpc) is 2.85. The maximum Gasteiger partial charge on any atom is 0.129 e. The van der Waals surface area contributed by atoms with Gasteiger partial charge in [-0.1, -0.05) is 23.2 Å². The molecule has 1 aliphatic heterocycles. The molecule has 1 aliphatic rings. The van der Waals surface area contributed by atoms with Crippen molar-refractivity contribution >= 4 is 23.2 Å². The van der Waals surface area contributed by atoms with Gasteiger partial charge in [0.1, 0.15) is 5.15 Å². The predicted octanol–water partition coefficient (Wildman–Crippen LogP) is 3.35. The van der Waals surface area contributed by atoms with Crippen molar-refractivity contribution in [2.24, 2.45) is 0 Å². The Morgan fingerprint density at radius 3 is 2.84 bits per heavy atom. The Balaban J connectivity index is 2.04. The van der Waals surface area contributed by atoms with Crippen LogP contribution in [0.25, 0.3) is 0 Å². The van der Waals surface area contributed by atoms with Crippen LogP contribution in [0.1, 0.15) is 32.4 Å². The molecular formula is C14H21Cl2N3. The van der Waals surface area contributed by atoms with Crippen LogP contribution in [0, 0.1) is 0 Å². The second-order valence-electron chi connectivity index (χ2n) is 5.38. The number of halogens is 2. The fourth-order valence-electron chi connectivity index (χ4n) is 2.41. The van der Waals surface area contributed by atoms with Crippen molar-refractivity contribution in [3.8, 4) is 0 Å². The summed E-state index contributed by atoms with van der Waals surface area (Å²) < 4.78 is 0. The summed E-state index contributed by atoms with van der Waals surface area (Å²) in [6.45, 7) is 7.31. The third-order valence-corrected chi connectivity index (χ3v) is 4.14. The summed E-state index contributed by atoms with van der Waals surface area (Å²) in [5.74, 6) is 0. The van der Waals surface area contributed by atoms with Crippen LogP contribution in [0.5, 0.6) is 0 Å². The highest BCUT2D eigenvalue weighted by atomic mass is 35.5. The van der Waals surface area contributed by atoms with Gasteiger partial charge in [0.05, 0.1) is 10.7 Å². The molecule has 3 nitrogen and oxygen atoms in total. The molecule has 1 atom stereocenters. The highest BCUT2D eigenvalue weighted by molar-refractivity contribution is 6.32. The Hall–Kier alpha value is -0.350. The van der Waals surface area contributed by atoms with E-state index in [0.29, 0.717) is 22.3 Å². The number of nitrogens with zero attached hydrogens (tertiary/aromatic N) is 2. The van der Waals surface area contributed by atoms with Gasteiger partial charge in [-0.15, -0.1) is 0 Å². The molecule has 1 N–H and O–H groups in total. The first-order valence-electron chi connectivity index (χ1n) is 6.84. The predicted molar refractivity (Wildman–Crippen MR) is 80.8 cm³/mol. The molecule has 0 saturated carbocycles. The van der Waals surface area contributed by atoms with Gasteiger partial charge in [0.15, 0.2) is 0 Å². The third-order valence-electron chi connectivity index (χ3n) is 3.59. The average molecular weight is 302 g/mol. The summed E-state index contributed by atoms with van der Waals surface area (Å²) >= 11 is 12.1. The van der Waals surface area contributed by atoms with Crippen LogP contribution in [0.4, 0.5) is 0 Å². The maximum absolute atomic E-state index is 6.20. The Labute approximate surface area is 125 Å². The summed E-state index contributed by atoms with van der Waals surface area (Å²) in [4.78, 5) is 6.74. The minimum atomic E-state index is 0.458. The van der Waals surface area contributed by atoms with E-state index < -0.39 is 0 Å². The lowest BCUT2D eigenvalue weighted by atomic mass is 10.2. The highest BCUT2D eigenvalue weighted by Crippen LogP contribution is 2.20. The Bertz CT molecular complexity index is 417. The number of aromatic nitrogens is 1. The van der Waals surface area contributed by atoms with Gasteiger partial charge < -0.3 is 5.32 Å². The van der Waals surface area contributed by atoms with Crippen molar-refractivity contribution in [2.45, 2.75) is 45.3 Å². The number of nitrogens with one attached hydrogen (secondary N) is 1. The van der Waals surface area contributed by atoms with E-state index in [9.17, 15) is 0 Å². The van der Waals surface area contributed by atoms with Crippen LogP contribution in [-0.2, 0) is 6.54 Å². The maximum atomic E-state index is 6.20. The van der Waals surface area contributed by atoms with E-state index in [1.165, 1.54) is 12.8 Å². The molecule has 1 unspecified atom stereocenters. The zero-order valence-corrected chi connectivity index (χ0v) is 13.0. The fourth-order valence-corrected chi connectivity index (χ4v) is 2.74. The molecule has 1 fully saturated rings. The van der Waals surface area contributed by atoms with E-state index in [2.05, 4.69) is 29.0 Å². The first-order chi connectivity index (χ1) is 9.06. The van der Waals surface area contributed by atoms with Crippen molar-refractivity contribution < 1.29 is 0 Å². The lowest BCUT2D eigenvalue weighted by Gasteiger charge is -2.29. The second kappa shape index (κ2) is 6.89. The van der Waals surface area contributed by atoms with E-state index in [1.54, 1.807) is 6.07 Å². The van der Waals surface area contributed by atoms with Crippen LogP contribution < -0.4 is 5.32 Å². The summed E-state index contributed by atoms with van der Waals surface area (Å²) in [6, 6.07) is 4.59. The van der Waals surface area contributed by atoms with Crippen molar-refractivity contribution in [1.82, 2.24) is 15.2 Å². The van der Waals surface area contributed by atoms with Gasteiger partial charge in [0.25, 0.3) is 0 Å². The van der Waals surface area contributed by atoms with Crippen molar-refractivity contribution in [3.05, 3.63) is 28.0 Å². The number of hydrogen-bond donors (Lipinski definition) is 1. The molecule has 1 saturated heterocycles. The Morgan fingerprint density at radius 2 is 2.21 bits per heavy atom. The molecule has 5 heteroatoms. The van der Waals surface area contributed by atoms with Gasteiger partial charge in [0, 0.05) is 25.2 Å². The van der Waals surface area contributed by atoms with Gasteiger partial charge in [-0.3, -0.25) is 4.90 Å². The molecule has 1 aromatic rings. The molecule has 0 bridgehead atoms. The lowest BCUT2D eigenvalue weighted by molar-refractivity contribution is 0.192. The van der Waals surface area contributed by atoms with Gasteiger partial charge in [0.2, 0.25) is 0 Å². The number of rotatable bonds is 5. The smallest absolute Gasteiger partial charge is 0.129 e. The molecule has 0 amide bonds. The minimum absolute atomic E-state index is 0.458. The van der Waals surface area contributed by atoms with E-state index in [0.717, 1.165) is 25.3 Å². The zero-order valence-electron chi connectivity index (χ0n) is 11.5. The molecule has 106 valence electrons.